The van der Waals surface area contributed by atoms with Gasteiger partial charge in [0, 0.05) is 6.42 Å². The first kappa shape index (κ1) is 18.9. The van der Waals surface area contributed by atoms with E-state index in [9.17, 15) is 4.79 Å². The molecule has 1 aromatic rings. The predicted octanol–water partition coefficient (Wildman–Crippen LogP) is 2.76. The second kappa shape index (κ2) is 8.72. The highest BCUT2D eigenvalue weighted by Crippen LogP contribution is 2.34. The molecule has 0 bridgehead atoms. The molecule has 3 aliphatic rings. The number of carbonyl (C=O) groups is 1. The molecule has 2 N–H and O–H groups in total. The van der Waals surface area contributed by atoms with Crippen molar-refractivity contribution >= 4 is 5.91 Å². The van der Waals surface area contributed by atoms with E-state index in [-0.39, 0.29) is 17.5 Å². The van der Waals surface area contributed by atoms with E-state index in [1.54, 1.807) is 0 Å². The Morgan fingerprint density at radius 1 is 1.15 bits per heavy atom. The Morgan fingerprint density at radius 3 is 2.78 bits per heavy atom. The molecule has 5 heteroatoms. The smallest absolute Gasteiger partial charge is 0.222 e. The van der Waals surface area contributed by atoms with E-state index < -0.39 is 0 Å². The van der Waals surface area contributed by atoms with Crippen LogP contribution in [0.15, 0.2) is 30.3 Å². The Balaban J connectivity index is 1.31. The van der Waals surface area contributed by atoms with E-state index in [4.69, 9.17) is 9.47 Å². The number of carbonyl (C=O) groups excluding carboxylic acids is 1. The van der Waals surface area contributed by atoms with Crippen LogP contribution in [0.3, 0.4) is 0 Å². The number of nitrogens with one attached hydrogen (secondary N) is 2. The highest BCUT2D eigenvalue weighted by molar-refractivity contribution is 5.77. The molecule has 2 atom stereocenters. The lowest BCUT2D eigenvalue weighted by Gasteiger charge is -2.44. The third-order valence-corrected chi connectivity index (χ3v) is 6.52. The summed E-state index contributed by atoms with van der Waals surface area (Å²) in [5.74, 6) is 0.768. The van der Waals surface area contributed by atoms with Gasteiger partial charge in [-0.2, -0.15) is 0 Å². The van der Waals surface area contributed by atoms with Crippen molar-refractivity contribution in [3.05, 3.63) is 35.9 Å². The van der Waals surface area contributed by atoms with Crippen molar-refractivity contribution in [1.82, 2.24) is 10.6 Å². The number of rotatable bonds is 4. The molecule has 4 rings (SSSR count). The van der Waals surface area contributed by atoms with Crippen molar-refractivity contribution in [2.24, 2.45) is 0 Å². The largest absolute Gasteiger partial charge is 0.378 e. The zero-order valence-corrected chi connectivity index (χ0v) is 16.1. The molecule has 0 radical (unpaired) electrons. The van der Waals surface area contributed by atoms with Crippen molar-refractivity contribution in [3.63, 3.8) is 0 Å². The van der Waals surface area contributed by atoms with Crippen LogP contribution in [0.4, 0.5) is 0 Å². The molecule has 5 nitrogen and oxygen atoms in total. The van der Waals surface area contributed by atoms with Crippen LogP contribution in [0.25, 0.3) is 0 Å². The predicted molar refractivity (Wildman–Crippen MR) is 105 cm³/mol. The molecule has 1 saturated carbocycles. The Kier molecular flexibility index (Phi) is 6.11. The first-order valence-electron chi connectivity index (χ1n) is 10.5. The van der Waals surface area contributed by atoms with Crippen LogP contribution in [-0.2, 0) is 14.3 Å². The fraction of sp³-hybridized carbons (Fsp3) is 0.682. The van der Waals surface area contributed by atoms with E-state index in [0.717, 1.165) is 32.2 Å². The monoisotopic (exact) mass is 372 g/mol. The van der Waals surface area contributed by atoms with E-state index in [0.29, 0.717) is 38.3 Å². The minimum absolute atomic E-state index is 0.101. The summed E-state index contributed by atoms with van der Waals surface area (Å²) in [6.45, 7) is 2.72. The average Bonchev–Trinajstić information content (AvgIpc) is 2.90. The number of hydrogen-bond acceptors (Lipinski definition) is 4. The Labute approximate surface area is 162 Å². The summed E-state index contributed by atoms with van der Waals surface area (Å²) in [5.41, 5.74) is 1.15. The number of piperidine rings is 1. The third kappa shape index (κ3) is 4.53. The lowest BCUT2D eigenvalue weighted by molar-refractivity contribution is -0.123. The van der Waals surface area contributed by atoms with Crippen molar-refractivity contribution in [1.29, 1.82) is 0 Å². The minimum atomic E-state index is -0.312. The molecule has 2 heterocycles. The fourth-order valence-corrected chi connectivity index (χ4v) is 4.91. The summed E-state index contributed by atoms with van der Waals surface area (Å²) in [4.78, 5) is 12.1. The van der Waals surface area contributed by atoms with Gasteiger partial charge < -0.3 is 20.1 Å². The van der Waals surface area contributed by atoms with Crippen LogP contribution in [0.1, 0.15) is 56.4 Å². The number of hydrogen-bond donors (Lipinski definition) is 2. The van der Waals surface area contributed by atoms with Gasteiger partial charge in [-0.1, -0.05) is 30.3 Å². The fourth-order valence-electron chi connectivity index (χ4n) is 4.91. The van der Waals surface area contributed by atoms with Crippen molar-refractivity contribution in [2.75, 3.05) is 26.4 Å². The molecular formula is C22H32N2O3. The summed E-state index contributed by atoms with van der Waals surface area (Å²) < 4.78 is 12.1. The zero-order chi connectivity index (χ0) is 18.5. The third-order valence-electron chi connectivity index (χ3n) is 6.52. The van der Waals surface area contributed by atoms with Gasteiger partial charge in [-0.3, -0.25) is 4.79 Å². The topological polar surface area (TPSA) is 59.6 Å². The van der Waals surface area contributed by atoms with Gasteiger partial charge in [-0.15, -0.1) is 0 Å². The number of ether oxygens (including phenoxy) is 2. The molecule has 27 heavy (non-hydrogen) atoms. The summed E-state index contributed by atoms with van der Waals surface area (Å²) in [6, 6.07) is 11.0. The molecule has 1 amide bonds. The van der Waals surface area contributed by atoms with Gasteiger partial charge >= 0.3 is 0 Å². The normalized spacial score (nSPS) is 34.8. The second-order valence-corrected chi connectivity index (χ2v) is 8.33. The highest BCUT2D eigenvalue weighted by atomic mass is 16.5. The SMILES string of the molecule is O=C1CCOC[C@@]2(CCCN[C@H]2CO[C@H]2CC[C@@H](c3ccccc3)CC2)N1. The molecule has 2 aliphatic heterocycles. The van der Waals surface area contributed by atoms with Gasteiger partial charge in [-0.05, 0) is 56.6 Å². The van der Waals surface area contributed by atoms with E-state index in [1.807, 2.05) is 0 Å². The maximum atomic E-state index is 12.1. The van der Waals surface area contributed by atoms with Gasteiger partial charge in [0.05, 0.1) is 37.5 Å². The molecule has 1 aromatic carbocycles. The molecule has 1 spiro atoms. The molecule has 0 unspecified atom stereocenters. The van der Waals surface area contributed by atoms with Crippen molar-refractivity contribution in [2.45, 2.75) is 68.5 Å². The highest BCUT2D eigenvalue weighted by Gasteiger charge is 2.43. The zero-order valence-electron chi connectivity index (χ0n) is 16.1. The lowest BCUT2D eigenvalue weighted by Crippen LogP contribution is -2.67. The molecule has 0 aromatic heterocycles. The maximum Gasteiger partial charge on any atom is 0.222 e. The van der Waals surface area contributed by atoms with E-state index in [2.05, 4.69) is 41.0 Å². The summed E-state index contributed by atoms with van der Waals surface area (Å²) in [5, 5.41) is 6.84. The van der Waals surface area contributed by atoms with E-state index in [1.165, 1.54) is 18.4 Å². The Morgan fingerprint density at radius 2 is 1.96 bits per heavy atom. The molecule has 148 valence electrons. The number of benzene rings is 1. The average molecular weight is 373 g/mol. The van der Waals surface area contributed by atoms with Crippen LogP contribution >= 0.6 is 0 Å². The molecular weight excluding hydrogens is 340 g/mol. The van der Waals surface area contributed by atoms with Crippen molar-refractivity contribution in [3.8, 4) is 0 Å². The van der Waals surface area contributed by atoms with Gasteiger partial charge in [0.2, 0.25) is 5.91 Å². The standard InChI is InChI=1S/C22H32N2O3/c25-21-11-14-26-16-22(24-21)12-4-13-23-20(22)15-27-19-9-7-18(8-10-19)17-5-2-1-3-6-17/h1-3,5-6,18-20,23H,4,7-16H2,(H,24,25)/t18-,19+,20-,22+/m0/s1. The van der Waals surface area contributed by atoms with Crippen LogP contribution in [0, 0.1) is 0 Å². The quantitative estimate of drug-likeness (QED) is 0.853. The Hall–Kier alpha value is -1.43. The van der Waals surface area contributed by atoms with Crippen LogP contribution in [-0.4, -0.2) is 50.0 Å². The maximum absolute atomic E-state index is 12.1. The summed E-state index contributed by atoms with van der Waals surface area (Å²) in [6.07, 6.45) is 7.41. The minimum Gasteiger partial charge on any atom is -0.378 e. The van der Waals surface area contributed by atoms with Crippen molar-refractivity contribution < 1.29 is 14.3 Å². The number of amides is 1. The van der Waals surface area contributed by atoms with Gasteiger partial charge in [-0.25, -0.2) is 0 Å². The summed E-state index contributed by atoms with van der Waals surface area (Å²) >= 11 is 0. The Bertz CT molecular complexity index is 615. The van der Waals surface area contributed by atoms with Gasteiger partial charge in [0.25, 0.3) is 0 Å². The van der Waals surface area contributed by atoms with Crippen LogP contribution in [0.2, 0.25) is 0 Å². The lowest BCUT2D eigenvalue weighted by atomic mass is 9.82. The van der Waals surface area contributed by atoms with Crippen LogP contribution in [0.5, 0.6) is 0 Å². The molecule has 3 fully saturated rings. The van der Waals surface area contributed by atoms with Gasteiger partial charge in [0.1, 0.15) is 0 Å². The summed E-state index contributed by atoms with van der Waals surface area (Å²) in [7, 11) is 0. The second-order valence-electron chi connectivity index (χ2n) is 8.33. The molecule has 2 saturated heterocycles. The first-order chi connectivity index (χ1) is 13.3. The first-order valence-corrected chi connectivity index (χ1v) is 10.5. The van der Waals surface area contributed by atoms with Crippen LogP contribution < -0.4 is 10.6 Å². The van der Waals surface area contributed by atoms with Gasteiger partial charge in [0.15, 0.2) is 0 Å². The van der Waals surface area contributed by atoms with E-state index >= 15 is 0 Å². The molecule has 1 aliphatic carbocycles.